The Kier molecular flexibility index (Phi) is 8.61. The molecule has 0 unspecified atom stereocenters. The summed E-state index contributed by atoms with van der Waals surface area (Å²) in [6, 6.07) is 12.5. The maximum atomic E-state index is 4.36. The van der Waals surface area contributed by atoms with Crippen molar-refractivity contribution in [2.75, 3.05) is 20.6 Å². The summed E-state index contributed by atoms with van der Waals surface area (Å²) in [5.74, 6) is 0.913. The smallest absolute Gasteiger partial charge is 0.193 e. The van der Waals surface area contributed by atoms with Crippen LogP contribution in [0.2, 0.25) is 0 Å². The van der Waals surface area contributed by atoms with Gasteiger partial charge in [-0.25, -0.2) is 0 Å². The average Bonchev–Trinajstić information content (AvgIpc) is 2.54. The fourth-order valence-electron chi connectivity index (χ4n) is 2.41. The van der Waals surface area contributed by atoms with Gasteiger partial charge in [-0.3, -0.25) is 9.98 Å². The first-order valence-corrected chi connectivity index (χ1v) is 7.56. The van der Waals surface area contributed by atoms with E-state index in [1.807, 2.05) is 25.5 Å². The van der Waals surface area contributed by atoms with Crippen LogP contribution in [-0.4, -0.2) is 36.5 Å². The minimum Gasteiger partial charge on any atom is -0.356 e. The highest BCUT2D eigenvalue weighted by atomic mass is 127. The third kappa shape index (κ3) is 6.17. The van der Waals surface area contributed by atoms with E-state index < -0.39 is 0 Å². The minimum absolute atomic E-state index is 0. The lowest BCUT2D eigenvalue weighted by Gasteiger charge is -2.22. The second-order valence-electron chi connectivity index (χ2n) is 5.37. The van der Waals surface area contributed by atoms with Gasteiger partial charge in [0.15, 0.2) is 5.96 Å². The van der Waals surface area contributed by atoms with E-state index in [-0.39, 0.29) is 24.0 Å². The molecule has 5 heteroatoms. The van der Waals surface area contributed by atoms with Crippen molar-refractivity contribution in [2.45, 2.75) is 19.9 Å². The van der Waals surface area contributed by atoms with Crippen LogP contribution in [0.15, 0.2) is 53.8 Å². The SMILES string of the molecule is CN=C(NCCc1ccncc1C)N(C)Cc1ccccc1.I. The standard InChI is InChI=1S/C18H24N4.HI/c1-15-13-20-11-9-17(15)10-12-21-18(19-2)22(3)14-16-7-5-4-6-8-16;/h4-9,11,13H,10,12,14H2,1-3H3,(H,19,21);1H. The zero-order valence-corrected chi connectivity index (χ0v) is 16.3. The molecular weight excluding hydrogens is 399 g/mol. The van der Waals surface area contributed by atoms with Crippen LogP contribution in [-0.2, 0) is 13.0 Å². The zero-order chi connectivity index (χ0) is 15.8. The maximum absolute atomic E-state index is 4.36. The van der Waals surface area contributed by atoms with Crippen LogP contribution < -0.4 is 5.32 Å². The van der Waals surface area contributed by atoms with Crippen molar-refractivity contribution in [3.8, 4) is 0 Å². The van der Waals surface area contributed by atoms with Gasteiger partial charge in [-0.1, -0.05) is 30.3 Å². The Labute approximate surface area is 156 Å². The van der Waals surface area contributed by atoms with Crippen molar-refractivity contribution in [1.29, 1.82) is 0 Å². The van der Waals surface area contributed by atoms with Crippen molar-refractivity contribution in [3.05, 3.63) is 65.5 Å². The van der Waals surface area contributed by atoms with Crippen molar-refractivity contribution in [1.82, 2.24) is 15.2 Å². The van der Waals surface area contributed by atoms with Gasteiger partial charge in [-0.05, 0) is 36.1 Å². The van der Waals surface area contributed by atoms with Crippen LogP contribution >= 0.6 is 24.0 Å². The third-order valence-electron chi connectivity index (χ3n) is 3.65. The Bertz CT molecular complexity index is 613. The maximum Gasteiger partial charge on any atom is 0.193 e. The number of guanidine groups is 1. The molecule has 0 saturated carbocycles. The van der Waals surface area contributed by atoms with Gasteiger partial charge >= 0.3 is 0 Å². The van der Waals surface area contributed by atoms with Gasteiger partial charge < -0.3 is 10.2 Å². The molecule has 1 N–H and O–H groups in total. The molecule has 4 nitrogen and oxygen atoms in total. The first-order chi connectivity index (χ1) is 10.7. The quantitative estimate of drug-likeness (QED) is 0.455. The summed E-state index contributed by atoms with van der Waals surface area (Å²) in [5, 5.41) is 3.42. The molecule has 2 rings (SSSR count). The molecule has 0 spiro atoms. The third-order valence-corrected chi connectivity index (χ3v) is 3.65. The predicted octanol–water partition coefficient (Wildman–Crippen LogP) is 3.26. The van der Waals surface area contributed by atoms with Crippen LogP contribution in [0.5, 0.6) is 0 Å². The molecule has 0 aliphatic carbocycles. The van der Waals surface area contributed by atoms with Crippen LogP contribution in [0.4, 0.5) is 0 Å². The Balaban J connectivity index is 0.00000264. The van der Waals surface area contributed by atoms with E-state index in [2.05, 4.69) is 64.5 Å². The molecule has 0 radical (unpaired) electrons. The van der Waals surface area contributed by atoms with Crippen LogP contribution in [0.25, 0.3) is 0 Å². The number of aromatic nitrogens is 1. The molecule has 1 aromatic carbocycles. The van der Waals surface area contributed by atoms with E-state index in [0.29, 0.717) is 0 Å². The van der Waals surface area contributed by atoms with E-state index in [0.717, 1.165) is 25.5 Å². The highest BCUT2D eigenvalue weighted by molar-refractivity contribution is 14.0. The molecule has 0 fully saturated rings. The lowest BCUT2D eigenvalue weighted by molar-refractivity contribution is 0.477. The van der Waals surface area contributed by atoms with Crippen molar-refractivity contribution in [2.24, 2.45) is 4.99 Å². The van der Waals surface area contributed by atoms with E-state index >= 15 is 0 Å². The number of rotatable bonds is 5. The molecule has 0 bridgehead atoms. The van der Waals surface area contributed by atoms with E-state index in [9.17, 15) is 0 Å². The molecule has 1 aromatic heterocycles. The largest absolute Gasteiger partial charge is 0.356 e. The molecule has 2 aromatic rings. The summed E-state index contributed by atoms with van der Waals surface area (Å²) in [4.78, 5) is 10.6. The van der Waals surface area contributed by atoms with Crippen molar-refractivity contribution in [3.63, 3.8) is 0 Å². The number of nitrogens with one attached hydrogen (secondary N) is 1. The summed E-state index contributed by atoms with van der Waals surface area (Å²) in [7, 11) is 3.88. The Morgan fingerprint density at radius 1 is 1.22 bits per heavy atom. The summed E-state index contributed by atoms with van der Waals surface area (Å²) in [5.41, 5.74) is 3.83. The van der Waals surface area contributed by atoms with Crippen molar-refractivity contribution < 1.29 is 0 Å². The normalized spacial score (nSPS) is 10.8. The van der Waals surface area contributed by atoms with E-state index in [1.165, 1.54) is 16.7 Å². The zero-order valence-electron chi connectivity index (χ0n) is 14.0. The molecule has 23 heavy (non-hydrogen) atoms. The average molecular weight is 424 g/mol. The highest BCUT2D eigenvalue weighted by Crippen LogP contribution is 2.06. The fourth-order valence-corrected chi connectivity index (χ4v) is 2.41. The number of hydrogen-bond acceptors (Lipinski definition) is 2. The molecule has 124 valence electrons. The molecule has 0 atom stereocenters. The summed E-state index contributed by atoms with van der Waals surface area (Å²) < 4.78 is 0. The number of aryl methyl sites for hydroxylation is 1. The molecule has 0 amide bonds. The van der Waals surface area contributed by atoms with Crippen LogP contribution in [0, 0.1) is 6.92 Å². The fraction of sp³-hybridized carbons (Fsp3) is 0.333. The number of benzene rings is 1. The first-order valence-electron chi connectivity index (χ1n) is 7.56. The van der Waals surface area contributed by atoms with Gasteiger partial charge in [0.1, 0.15) is 0 Å². The van der Waals surface area contributed by atoms with Crippen LogP contribution in [0.3, 0.4) is 0 Å². The number of halogens is 1. The van der Waals surface area contributed by atoms with Gasteiger partial charge in [-0.15, -0.1) is 24.0 Å². The Morgan fingerprint density at radius 2 is 1.96 bits per heavy atom. The highest BCUT2D eigenvalue weighted by Gasteiger charge is 2.06. The van der Waals surface area contributed by atoms with E-state index in [4.69, 9.17) is 0 Å². The number of pyridine rings is 1. The summed E-state index contributed by atoms with van der Waals surface area (Å²) in [6.07, 6.45) is 4.72. The predicted molar refractivity (Wildman–Crippen MR) is 107 cm³/mol. The Hall–Kier alpha value is -1.63. The van der Waals surface area contributed by atoms with Gasteiger partial charge in [0.05, 0.1) is 0 Å². The van der Waals surface area contributed by atoms with Gasteiger partial charge in [0.25, 0.3) is 0 Å². The van der Waals surface area contributed by atoms with E-state index in [1.54, 1.807) is 0 Å². The molecule has 0 saturated heterocycles. The first kappa shape index (κ1) is 19.4. The lowest BCUT2D eigenvalue weighted by atomic mass is 10.1. The van der Waals surface area contributed by atoms with Gasteiger partial charge in [0.2, 0.25) is 0 Å². The summed E-state index contributed by atoms with van der Waals surface area (Å²) >= 11 is 0. The number of aliphatic imine (C=N–C) groups is 1. The molecule has 1 heterocycles. The number of hydrogen-bond donors (Lipinski definition) is 1. The second-order valence-corrected chi connectivity index (χ2v) is 5.37. The summed E-state index contributed by atoms with van der Waals surface area (Å²) in [6.45, 7) is 3.80. The van der Waals surface area contributed by atoms with Gasteiger partial charge in [-0.2, -0.15) is 0 Å². The topological polar surface area (TPSA) is 40.5 Å². The second kappa shape index (κ2) is 10.2. The van der Waals surface area contributed by atoms with Gasteiger partial charge in [0, 0.05) is 39.6 Å². The minimum atomic E-state index is 0. The number of nitrogens with zero attached hydrogens (tertiary/aromatic N) is 3. The Morgan fingerprint density at radius 3 is 2.61 bits per heavy atom. The lowest BCUT2D eigenvalue weighted by Crippen LogP contribution is -2.39. The molecule has 0 aliphatic heterocycles. The monoisotopic (exact) mass is 424 g/mol. The molecule has 0 aliphatic rings. The molecular formula is C18H25IN4. The van der Waals surface area contributed by atoms with Crippen molar-refractivity contribution >= 4 is 29.9 Å². The van der Waals surface area contributed by atoms with Crippen LogP contribution in [0.1, 0.15) is 16.7 Å².